The first-order valence-electron chi connectivity index (χ1n) is 9.86. The summed E-state index contributed by atoms with van der Waals surface area (Å²) in [7, 11) is 0. The fraction of sp³-hybridized carbons (Fsp3) is 0.476. The summed E-state index contributed by atoms with van der Waals surface area (Å²) < 4.78 is 44.5. The van der Waals surface area contributed by atoms with Gasteiger partial charge >= 0.3 is 6.18 Å². The van der Waals surface area contributed by atoms with Crippen molar-refractivity contribution in [2.45, 2.75) is 57.3 Å². The molecule has 30 heavy (non-hydrogen) atoms. The Labute approximate surface area is 170 Å². The Kier molecular flexibility index (Phi) is 5.07. The summed E-state index contributed by atoms with van der Waals surface area (Å²) in [6, 6.07) is 6.05. The molecule has 0 aliphatic heterocycles. The Balaban J connectivity index is 1.51. The number of furan rings is 1. The highest BCUT2D eigenvalue weighted by molar-refractivity contribution is 5.80. The third kappa shape index (κ3) is 4.34. The van der Waals surface area contributed by atoms with E-state index in [4.69, 9.17) is 4.42 Å². The maximum atomic E-state index is 12.9. The summed E-state index contributed by atoms with van der Waals surface area (Å²) in [6.45, 7) is 2.39. The molecule has 2 aliphatic carbocycles. The fourth-order valence-corrected chi connectivity index (χ4v) is 3.70. The summed E-state index contributed by atoms with van der Waals surface area (Å²) >= 11 is 0. The van der Waals surface area contributed by atoms with E-state index in [1.54, 1.807) is 4.90 Å². The lowest BCUT2D eigenvalue weighted by molar-refractivity contribution is -0.385. The monoisotopic (exact) mass is 422 g/mol. The lowest BCUT2D eigenvalue weighted by atomic mass is 10.0. The third-order valence-electron chi connectivity index (χ3n) is 5.74. The van der Waals surface area contributed by atoms with Crippen molar-refractivity contribution in [1.82, 2.24) is 4.90 Å². The van der Waals surface area contributed by atoms with E-state index in [1.807, 2.05) is 12.1 Å². The van der Waals surface area contributed by atoms with Gasteiger partial charge in [0, 0.05) is 23.6 Å². The quantitative estimate of drug-likeness (QED) is 0.461. The number of nitro groups is 1. The molecule has 1 aromatic heterocycles. The molecular weight excluding hydrogens is 401 g/mol. The summed E-state index contributed by atoms with van der Waals surface area (Å²) in [5.74, 6) is 2.19. The van der Waals surface area contributed by atoms with Crippen molar-refractivity contribution in [3.8, 4) is 0 Å². The van der Waals surface area contributed by atoms with Crippen LogP contribution in [0, 0.1) is 16.0 Å². The zero-order valence-corrected chi connectivity index (χ0v) is 16.3. The normalized spacial score (nSPS) is 20.8. The molecule has 2 saturated carbocycles. The van der Waals surface area contributed by atoms with Crippen LogP contribution in [0.1, 0.15) is 54.8 Å². The molecule has 0 spiro atoms. The molecule has 6 nitrogen and oxygen atoms in total. The molecular formula is C21H21F3N2O4. The van der Waals surface area contributed by atoms with E-state index < -0.39 is 22.4 Å². The Hall–Kier alpha value is -2.84. The molecule has 2 atom stereocenters. The lowest BCUT2D eigenvalue weighted by Gasteiger charge is -2.21. The van der Waals surface area contributed by atoms with Gasteiger partial charge in [0.15, 0.2) is 0 Å². The first-order valence-corrected chi connectivity index (χ1v) is 9.86. The largest absolute Gasteiger partial charge is 0.464 e. The molecule has 1 amide bonds. The van der Waals surface area contributed by atoms with Crippen LogP contribution in [0.4, 0.5) is 18.9 Å². The van der Waals surface area contributed by atoms with Gasteiger partial charge in [0.1, 0.15) is 11.5 Å². The molecule has 2 fully saturated rings. The number of alkyl halides is 3. The van der Waals surface area contributed by atoms with Crippen LogP contribution in [0.3, 0.4) is 0 Å². The molecule has 9 heteroatoms. The van der Waals surface area contributed by atoms with Gasteiger partial charge in [0.25, 0.3) is 5.69 Å². The van der Waals surface area contributed by atoms with Gasteiger partial charge in [-0.25, -0.2) is 0 Å². The smallest absolute Gasteiger partial charge is 0.416 e. The molecule has 160 valence electrons. The molecule has 0 saturated heterocycles. The number of halogens is 3. The van der Waals surface area contributed by atoms with Crippen LogP contribution in [-0.2, 0) is 23.9 Å². The number of benzene rings is 1. The number of amides is 1. The van der Waals surface area contributed by atoms with Crippen LogP contribution in [-0.4, -0.2) is 21.8 Å². The Morgan fingerprint density at radius 2 is 1.97 bits per heavy atom. The number of hydrogen-bond acceptors (Lipinski definition) is 4. The van der Waals surface area contributed by atoms with Gasteiger partial charge in [-0.1, -0.05) is 13.0 Å². The Morgan fingerprint density at radius 1 is 1.27 bits per heavy atom. The number of nitro benzene ring substituents is 1. The zero-order chi connectivity index (χ0) is 21.6. The Bertz CT molecular complexity index is 981. The predicted molar refractivity (Wildman–Crippen MR) is 101 cm³/mol. The van der Waals surface area contributed by atoms with Gasteiger partial charge in [-0.05, 0) is 43.4 Å². The molecule has 2 aromatic rings. The van der Waals surface area contributed by atoms with Crippen LogP contribution in [0.5, 0.6) is 0 Å². The van der Waals surface area contributed by atoms with Gasteiger partial charge in [-0.3, -0.25) is 14.9 Å². The van der Waals surface area contributed by atoms with E-state index in [0.717, 1.165) is 37.2 Å². The molecule has 0 bridgehead atoms. The van der Waals surface area contributed by atoms with Crippen molar-refractivity contribution in [2.75, 3.05) is 0 Å². The van der Waals surface area contributed by atoms with Crippen LogP contribution in [0.25, 0.3) is 0 Å². The van der Waals surface area contributed by atoms with Gasteiger partial charge in [-0.2, -0.15) is 13.2 Å². The first kappa shape index (κ1) is 20.4. The number of hydrogen-bond donors (Lipinski definition) is 0. The van der Waals surface area contributed by atoms with Crippen molar-refractivity contribution in [3.63, 3.8) is 0 Å². The average molecular weight is 422 g/mol. The second-order valence-electron chi connectivity index (χ2n) is 8.15. The number of nitrogens with zero attached hydrogens (tertiary/aromatic N) is 2. The van der Waals surface area contributed by atoms with E-state index in [2.05, 4.69) is 6.92 Å². The SMILES string of the molecule is C[C@@H]1C[C@@H]1c1ccc(CN(C(=O)Cc2ccc(C(F)(F)F)cc2[N+](=O)[O-])C2CC2)o1. The zero-order valence-electron chi connectivity index (χ0n) is 16.3. The van der Waals surface area contributed by atoms with Gasteiger partial charge < -0.3 is 9.32 Å². The van der Waals surface area contributed by atoms with Crippen molar-refractivity contribution in [1.29, 1.82) is 0 Å². The number of carbonyl (C=O) groups excluding carboxylic acids is 1. The predicted octanol–water partition coefficient (Wildman–Crippen LogP) is 5.06. The lowest BCUT2D eigenvalue weighted by Crippen LogP contribution is -2.33. The average Bonchev–Trinajstić information content (AvgIpc) is 3.59. The molecule has 2 aliphatic rings. The van der Waals surface area contributed by atoms with Crippen molar-refractivity contribution in [3.05, 3.63) is 63.1 Å². The highest BCUT2D eigenvalue weighted by Crippen LogP contribution is 2.47. The van der Waals surface area contributed by atoms with Crippen LogP contribution >= 0.6 is 0 Å². The standard InChI is InChI=1S/C21H21F3N2O4/c1-12-8-17(12)19-7-6-16(30-19)11-25(15-4-5-15)20(27)9-13-2-3-14(21(22,23)24)10-18(13)26(28)29/h2-3,6-7,10,12,15,17H,4-5,8-9,11H2,1H3/t12-,17+/m1/s1. The van der Waals surface area contributed by atoms with Crippen molar-refractivity contribution >= 4 is 11.6 Å². The number of rotatable bonds is 7. The van der Waals surface area contributed by atoms with E-state index >= 15 is 0 Å². The second kappa shape index (κ2) is 7.45. The van der Waals surface area contributed by atoms with Crippen molar-refractivity contribution < 1.29 is 27.3 Å². The maximum absolute atomic E-state index is 12.9. The second-order valence-corrected chi connectivity index (χ2v) is 8.15. The van der Waals surface area contributed by atoms with E-state index in [9.17, 15) is 28.1 Å². The molecule has 0 radical (unpaired) electrons. The minimum Gasteiger partial charge on any atom is -0.464 e. The van der Waals surface area contributed by atoms with Crippen molar-refractivity contribution in [2.24, 2.45) is 5.92 Å². The molecule has 1 aromatic carbocycles. The summed E-state index contributed by atoms with van der Waals surface area (Å²) in [6.07, 6.45) is -2.29. The van der Waals surface area contributed by atoms with Crippen LogP contribution in [0.2, 0.25) is 0 Å². The highest BCUT2D eigenvalue weighted by atomic mass is 19.4. The van der Waals surface area contributed by atoms with Gasteiger partial charge in [0.2, 0.25) is 5.91 Å². The molecule has 1 heterocycles. The summed E-state index contributed by atoms with van der Waals surface area (Å²) in [5, 5.41) is 11.3. The summed E-state index contributed by atoms with van der Waals surface area (Å²) in [4.78, 5) is 24.9. The van der Waals surface area contributed by atoms with Gasteiger partial charge in [-0.15, -0.1) is 0 Å². The highest BCUT2D eigenvalue weighted by Gasteiger charge is 2.38. The van der Waals surface area contributed by atoms with E-state index in [1.165, 1.54) is 0 Å². The minimum atomic E-state index is -4.69. The third-order valence-corrected chi connectivity index (χ3v) is 5.74. The fourth-order valence-electron chi connectivity index (χ4n) is 3.70. The first-order chi connectivity index (χ1) is 14.1. The Morgan fingerprint density at radius 3 is 2.53 bits per heavy atom. The molecule has 0 N–H and O–H groups in total. The topological polar surface area (TPSA) is 76.6 Å². The minimum absolute atomic E-state index is 0.0272. The maximum Gasteiger partial charge on any atom is 0.416 e. The van der Waals surface area contributed by atoms with E-state index in [0.29, 0.717) is 23.7 Å². The number of carbonyl (C=O) groups is 1. The van der Waals surface area contributed by atoms with Gasteiger partial charge in [0.05, 0.1) is 23.5 Å². The van der Waals surface area contributed by atoms with Crippen LogP contribution < -0.4 is 0 Å². The summed E-state index contributed by atoms with van der Waals surface area (Å²) in [5.41, 5.74) is -1.84. The molecule has 0 unspecified atom stereocenters. The molecule has 4 rings (SSSR count). The van der Waals surface area contributed by atoms with Crippen LogP contribution in [0.15, 0.2) is 34.7 Å². The van der Waals surface area contributed by atoms with E-state index in [-0.39, 0.29) is 30.5 Å².